The van der Waals surface area contributed by atoms with Crippen LogP contribution < -0.4 is 4.90 Å². The SMILES string of the molecule is Cc1ccc(CN(C)c2ccc(C(C)O)cc2F)cc1. The molecule has 0 spiro atoms. The van der Waals surface area contributed by atoms with E-state index in [4.69, 9.17) is 0 Å². The van der Waals surface area contributed by atoms with Crippen LogP contribution in [0.15, 0.2) is 42.5 Å². The molecule has 2 rings (SSSR count). The number of benzene rings is 2. The molecule has 1 N–H and O–H groups in total. The van der Waals surface area contributed by atoms with Crippen LogP contribution in [0, 0.1) is 12.7 Å². The number of rotatable bonds is 4. The van der Waals surface area contributed by atoms with Crippen molar-refractivity contribution >= 4 is 5.69 Å². The number of hydrogen-bond acceptors (Lipinski definition) is 2. The number of aliphatic hydroxyl groups is 1. The number of aryl methyl sites for hydroxylation is 1. The van der Waals surface area contributed by atoms with Gasteiger partial charge in [-0.15, -0.1) is 0 Å². The molecule has 2 nitrogen and oxygen atoms in total. The molecule has 2 aromatic carbocycles. The van der Waals surface area contributed by atoms with Crippen LogP contribution in [-0.2, 0) is 6.54 Å². The largest absolute Gasteiger partial charge is 0.389 e. The maximum Gasteiger partial charge on any atom is 0.146 e. The third-order valence-electron chi connectivity index (χ3n) is 3.41. The zero-order valence-electron chi connectivity index (χ0n) is 12.1. The fraction of sp³-hybridized carbons (Fsp3) is 0.294. The van der Waals surface area contributed by atoms with Crippen molar-refractivity contribution in [3.8, 4) is 0 Å². The van der Waals surface area contributed by atoms with Crippen molar-refractivity contribution in [2.45, 2.75) is 26.5 Å². The summed E-state index contributed by atoms with van der Waals surface area (Å²) in [6.45, 7) is 4.32. The molecule has 1 unspecified atom stereocenters. The van der Waals surface area contributed by atoms with E-state index in [1.54, 1.807) is 19.1 Å². The first-order valence-corrected chi connectivity index (χ1v) is 6.71. The Balaban J connectivity index is 2.16. The minimum atomic E-state index is -0.652. The Morgan fingerprint density at radius 1 is 1.15 bits per heavy atom. The average Bonchev–Trinajstić information content (AvgIpc) is 2.41. The summed E-state index contributed by atoms with van der Waals surface area (Å²) < 4.78 is 14.1. The molecule has 3 heteroatoms. The molecule has 1 atom stereocenters. The lowest BCUT2D eigenvalue weighted by Crippen LogP contribution is -2.17. The van der Waals surface area contributed by atoms with E-state index < -0.39 is 6.10 Å². The Labute approximate surface area is 119 Å². The molecule has 0 aliphatic heterocycles. The van der Waals surface area contributed by atoms with E-state index in [2.05, 4.69) is 12.1 Å². The van der Waals surface area contributed by atoms with Crippen LogP contribution in [0.2, 0.25) is 0 Å². The average molecular weight is 273 g/mol. The Kier molecular flexibility index (Phi) is 4.40. The molecular formula is C17H20FNO. The van der Waals surface area contributed by atoms with Crippen molar-refractivity contribution in [3.05, 3.63) is 65.0 Å². The fourth-order valence-electron chi connectivity index (χ4n) is 2.15. The van der Waals surface area contributed by atoms with E-state index >= 15 is 0 Å². The molecule has 20 heavy (non-hydrogen) atoms. The van der Waals surface area contributed by atoms with Crippen molar-refractivity contribution in [1.82, 2.24) is 0 Å². The molecule has 0 bridgehead atoms. The van der Waals surface area contributed by atoms with E-state index in [0.717, 1.165) is 5.56 Å². The van der Waals surface area contributed by atoms with Crippen LogP contribution in [0.1, 0.15) is 29.7 Å². The van der Waals surface area contributed by atoms with E-state index in [0.29, 0.717) is 17.8 Å². The van der Waals surface area contributed by atoms with Gasteiger partial charge in [0.25, 0.3) is 0 Å². The van der Waals surface area contributed by atoms with Gasteiger partial charge < -0.3 is 10.0 Å². The number of hydrogen-bond donors (Lipinski definition) is 1. The Morgan fingerprint density at radius 3 is 2.35 bits per heavy atom. The van der Waals surface area contributed by atoms with Gasteiger partial charge in [-0.25, -0.2) is 4.39 Å². The molecule has 0 heterocycles. The third-order valence-corrected chi connectivity index (χ3v) is 3.41. The Hall–Kier alpha value is -1.87. The van der Waals surface area contributed by atoms with Gasteiger partial charge in [0, 0.05) is 13.6 Å². The molecule has 0 aliphatic rings. The topological polar surface area (TPSA) is 23.5 Å². The molecular weight excluding hydrogens is 253 g/mol. The fourth-order valence-corrected chi connectivity index (χ4v) is 2.15. The van der Waals surface area contributed by atoms with Crippen LogP contribution in [0.3, 0.4) is 0 Å². The van der Waals surface area contributed by atoms with E-state index in [1.165, 1.54) is 11.6 Å². The molecule has 0 amide bonds. The van der Waals surface area contributed by atoms with Crippen molar-refractivity contribution < 1.29 is 9.50 Å². The zero-order valence-corrected chi connectivity index (χ0v) is 12.1. The normalized spacial score (nSPS) is 12.2. The molecule has 2 aromatic rings. The van der Waals surface area contributed by atoms with Gasteiger partial charge in [0.15, 0.2) is 0 Å². The summed E-state index contributed by atoms with van der Waals surface area (Å²) in [5.74, 6) is -0.307. The van der Waals surface area contributed by atoms with E-state index in [1.807, 2.05) is 31.0 Å². The first-order chi connectivity index (χ1) is 9.47. The van der Waals surface area contributed by atoms with Crippen LogP contribution in [0.25, 0.3) is 0 Å². The quantitative estimate of drug-likeness (QED) is 0.915. The first-order valence-electron chi connectivity index (χ1n) is 6.71. The predicted molar refractivity (Wildman–Crippen MR) is 80.3 cm³/mol. The van der Waals surface area contributed by atoms with Crippen LogP contribution in [0.5, 0.6) is 0 Å². The van der Waals surface area contributed by atoms with Crippen LogP contribution >= 0.6 is 0 Å². The van der Waals surface area contributed by atoms with Gasteiger partial charge in [-0.1, -0.05) is 35.9 Å². The minimum Gasteiger partial charge on any atom is -0.389 e. The second kappa shape index (κ2) is 6.06. The smallest absolute Gasteiger partial charge is 0.146 e. The lowest BCUT2D eigenvalue weighted by atomic mass is 10.1. The van der Waals surface area contributed by atoms with Gasteiger partial charge in [-0.05, 0) is 37.1 Å². The van der Waals surface area contributed by atoms with Crippen LogP contribution in [-0.4, -0.2) is 12.2 Å². The summed E-state index contributed by atoms with van der Waals surface area (Å²) in [5.41, 5.74) is 3.48. The second-order valence-electron chi connectivity index (χ2n) is 5.23. The number of anilines is 1. The summed E-state index contributed by atoms with van der Waals surface area (Å²) in [4.78, 5) is 1.87. The molecule has 0 aliphatic carbocycles. The number of aliphatic hydroxyl groups excluding tert-OH is 1. The summed E-state index contributed by atoms with van der Waals surface area (Å²) in [6.07, 6.45) is -0.652. The number of nitrogens with zero attached hydrogens (tertiary/aromatic N) is 1. The highest BCUT2D eigenvalue weighted by atomic mass is 19.1. The van der Waals surface area contributed by atoms with Gasteiger partial charge >= 0.3 is 0 Å². The molecule has 0 saturated carbocycles. The van der Waals surface area contributed by atoms with Gasteiger partial charge in [0.1, 0.15) is 5.82 Å². The van der Waals surface area contributed by atoms with E-state index in [-0.39, 0.29) is 5.82 Å². The van der Waals surface area contributed by atoms with Crippen molar-refractivity contribution in [2.24, 2.45) is 0 Å². The van der Waals surface area contributed by atoms with Crippen molar-refractivity contribution in [3.63, 3.8) is 0 Å². The van der Waals surface area contributed by atoms with Crippen molar-refractivity contribution in [1.29, 1.82) is 0 Å². The highest BCUT2D eigenvalue weighted by Crippen LogP contribution is 2.23. The molecule has 0 saturated heterocycles. The lowest BCUT2D eigenvalue weighted by molar-refractivity contribution is 0.199. The minimum absolute atomic E-state index is 0.307. The highest BCUT2D eigenvalue weighted by molar-refractivity contribution is 5.49. The van der Waals surface area contributed by atoms with Gasteiger partial charge in [-0.3, -0.25) is 0 Å². The third kappa shape index (κ3) is 3.36. The maximum absolute atomic E-state index is 14.1. The zero-order chi connectivity index (χ0) is 14.7. The molecule has 0 fully saturated rings. The monoisotopic (exact) mass is 273 g/mol. The summed E-state index contributed by atoms with van der Waals surface area (Å²) in [6, 6.07) is 13.1. The molecule has 106 valence electrons. The molecule has 0 radical (unpaired) electrons. The second-order valence-corrected chi connectivity index (χ2v) is 5.23. The Morgan fingerprint density at radius 2 is 1.80 bits per heavy atom. The summed E-state index contributed by atoms with van der Waals surface area (Å²) >= 11 is 0. The van der Waals surface area contributed by atoms with Crippen LogP contribution in [0.4, 0.5) is 10.1 Å². The number of halogens is 1. The molecule has 0 aromatic heterocycles. The predicted octanol–water partition coefficient (Wildman–Crippen LogP) is 3.82. The van der Waals surface area contributed by atoms with E-state index in [9.17, 15) is 9.50 Å². The van der Waals surface area contributed by atoms with Gasteiger partial charge in [0.05, 0.1) is 11.8 Å². The summed E-state index contributed by atoms with van der Waals surface area (Å²) in [7, 11) is 1.86. The lowest BCUT2D eigenvalue weighted by Gasteiger charge is -2.21. The summed E-state index contributed by atoms with van der Waals surface area (Å²) in [5, 5.41) is 9.46. The standard InChI is InChI=1S/C17H20FNO/c1-12-4-6-14(7-5-12)11-19(3)17-9-8-15(13(2)20)10-16(17)18/h4-10,13,20H,11H2,1-3H3. The van der Waals surface area contributed by atoms with Gasteiger partial charge in [0.2, 0.25) is 0 Å². The first kappa shape index (κ1) is 14.5. The highest BCUT2D eigenvalue weighted by Gasteiger charge is 2.10. The maximum atomic E-state index is 14.1. The Bertz CT molecular complexity index is 578. The van der Waals surface area contributed by atoms with Crippen molar-refractivity contribution in [2.75, 3.05) is 11.9 Å². The van der Waals surface area contributed by atoms with Gasteiger partial charge in [-0.2, -0.15) is 0 Å².